The van der Waals surface area contributed by atoms with Gasteiger partial charge in [0, 0.05) is 53.6 Å². The molecule has 0 saturated carbocycles. The lowest BCUT2D eigenvalue weighted by molar-refractivity contribution is 0.0121. The van der Waals surface area contributed by atoms with E-state index in [-0.39, 0.29) is 5.69 Å². The highest BCUT2D eigenvalue weighted by atomic mass is 19.3. The molecule has 27 heavy (non-hydrogen) atoms. The summed E-state index contributed by atoms with van der Waals surface area (Å²) in [5.41, 5.74) is 5.53. The molecule has 0 aliphatic carbocycles. The first-order valence-electron chi connectivity index (χ1n) is 8.87. The predicted molar refractivity (Wildman–Crippen MR) is 103 cm³/mol. The van der Waals surface area contributed by atoms with Crippen molar-refractivity contribution in [1.29, 1.82) is 0 Å². The molecule has 3 heterocycles. The molecule has 4 nitrogen and oxygen atoms in total. The van der Waals surface area contributed by atoms with E-state index in [1.807, 2.05) is 44.3 Å². The zero-order chi connectivity index (χ0) is 19.2. The maximum absolute atomic E-state index is 13.7. The largest absolute Gasteiger partial charge is 0.355 e. The van der Waals surface area contributed by atoms with E-state index in [1.165, 1.54) is 6.07 Å². The van der Waals surface area contributed by atoms with Gasteiger partial charge in [0.2, 0.25) is 0 Å². The van der Waals surface area contributed by atoms with Crippen LogP contribution in [0, 0.1) is 6.92 Å². The molecule has 1 aromatic carbocycles. The molecule has 1 N–H and O–H groups in total. The summed E-state index contributed by atoms with van der Waals surface area (Å²) in [6.45, 7) is 5.31. The summed E-state index contributed by atoms with van der Waals surface area (Å²) in [5, 5.41) is 5.09. The van der Waals surface area contributed by atoms with Crippen molar-refractivity contribution in [3.8, 4) is 22.5 Å². The minimum atomic E-state index is -2.96. The molecule has 0 radical (unpaired) electrons. The van der Waals surface area contributed by atoms with Gasteiger partial charge in [-0.2, -0.15) is 13.9 Å². The van der Waals surface area contributed by atoms with Crippen LogP contribution < -0.4 is 0 Å². The summed E-state index contributed by atoms with van der Waals surface area (Å²) in [5.74, 6) is -2.96. The summed E-state index contributed by atoms with van der Waals surface area (Å²) in [7, 11) is 0. The number of nitrogens with one attached hydrogen (secondary N) is 1. The standard InChI is InChI=1S/C21H20F2N4/c1-4-27-19(11-20(26-27)21(3,22)23)14-5-6-17-15(9-14)10-18(25-17)16-7-8-24-12-13(16)2/h5-12,25H,4H2,1-3H3. The van der Waals surface area contributed by atoms with E-state index in [9.17, 15) is 8.78 Å². The zero-order valence-electron chi connectivity index (χ0n) is 15.4. The third-order valence-corrected chi connectivity index (χ3v) is 4.76. The average Bonchev–Trinajstić information content (AvgIpc) is 3.25. The fourth-order valence-corrected chi connectivity index (χ4v) is 3.32. The van der Waals surface area contributed by atoms with Crippen LogP contribution in [0.15, 0.2) is 48.8 Å². The van der Waals surface area contributed by atoms with Gasteiger partial charge >= 0.3 is 0 Å². The highest BCUT2D eigenvalue weighted by Gasteiger charge is 2.29. The molecule has 4 aromatic rings. The number of fused-ring (bicyclic) bond motifs is 1. The Kier molecular flexibility index (Phi) is 4.06. The summed E-state index contributed by atoms with van der Waals surface area (Å²) in [4.78, 5) is 7.55. The second-order valence-electron chi connectivity index (χ2n) is 6.79. The number of aromatic nitrogens is 4. The van der Waals surface area contributed by atoms with Gasteiger partial charge < -0.3 is 4.98 Å². The molecule has 6 heteroatoms. The third kappa shape index (κ3) is 3.12. The monoisotopic (exact) mass is 366 g/mol. The minimum absolute atomic E-state index is 0.207. The average molecular weight is 366 g/mol. The van der Waals surface area contributed by atoms with Crippen molar-refractivity contribution in [2.45, 2.75) is 33.2 Å². The van der Waals surface area contributed by atoms with Gasteiger partial charge in [0.05, 0.1) is 5.69 Å². The van der Waals surface area contributed by atoms with E-state index in [2.05, 4.69) is 21.1 Å². The van der Waals surface area contributed by atoms with Gasteiger partial charge in [0.1, 0.15) is 5.69 Å². The maximum Gasteiger partial charge on any atom is 0.288 e. The van der Waals surface area contributed by atoms with Gasteiger partial charge in [-0.3, -0.25) is 9.67 Å². The highest BCUT2D eigenvalue weighted by Crippen LogP contribution is 2.33. The van der Waals surface area contributed by atoms with Crippen LogP contribution in [0.1, 0.15) is 25.1 Å². The van der Waals surface area contributed by atoms with E-state index in [0.717, 1.165) is 40.2 Å². The van der Waals surface area contributed by atoms with Crippen molar-refractivity contribution in [1.82, 2.24) is 19.7 Å². The van der Waals surface area contributed by atoms with Crippen molar-refractivity contribution in [3.05, 3.63) is 60.0 Å². The number of hydrogen-bond donors (Lipinski definition) is 1. The molecule has 4 rings (SSSR count). The summed E-state index contributed by atoms with van der Waals surface area (Å²) in [6, 6.07) is 11.4. The van der Waals surface area contributed by atoms with E-state index < -0.39 is 5.92 Å². The molecule has 138 valence electrons. The minimum Gasteiger partial charge on any atom is -0.355 e. The lowest BCUT2D eigenvalue weighted by Gasteiger charge is -2.05. The number of rotatable bonds is 4. The zero-order valence-corrected chi connectivity index (χ0v) is 15.4. The van der Waals surface area contributed by atoms with E-state index in [1.54, 1.807) is 10.9 Å². The van der Waals surface area contributed by atoms with Crippen molar-refractivity contribution in [2.75, 3.05) is 0 Å². The predicted octanol–water partition coefficient (Wildman–Crippen LogP) is 5.53. The quantitative estimate of drug-likeness (QED) is 0.516. The number of nitrogens with zero attached hydrogens (tertiary/aromatic N) is 3. The molecule has 0 fully saturated rings. The maximum atomic E-state index is 13.7. The van der Waals surface area contributed by atoms with E-state index >= 15 is 0 Å². The van der Waals surface area contributed by atoms with Gasteiger partial charge in [0.25, 0.3) is 5.92 Å². The van der Waals surface area contributed by atoms with Gasteiger partial charge in [0.15, 0.2) is 0 Å². The Morgan fingerprint density at radius 3 is 2.67 bits per heavy atom. The van der Waals surface area contributed by atoms with Crippen LogP contribution in [-0.4, -0.2) is 19.7 Å². The van der Waals surface area contributed by atoms with E-state index in [4.69, 9.17) is 0 Å². The molecule has 0 unspecified atom stereocenters. The molecule has 0 spiro atoms. The molecule has 0 amide bonds. The first-order valence-corrected chi connectivity index (χ1v) is 8.87. The molecule has 0 bridgehead atoms. The van der Waals surface area contributed by atoms with Crippen LogP contribution in [0.2, 0.25) is 0 Å². The molecule has 0 aliphatic heterocycles. The van der Waals surface area contributed by atoms with Crippen molar-refractivity contribution in [3.63, 3.8) is 0 Å². The van der Waals surface area contributed by atoms with Crippen LogP contribution in [0.4, 0.5) is 8.78 Å². The Balaban J connectivity index is 1.81. The second kappa shape index (κ2) is 6.30. The van der Waals surface area contributed by atoms with Crippen molar-refractivity contribution >= 4 is 10.9 Å². The summed E-state index contributed by atoms with van der Waals surface area (Å²) < 4.78 is 29.0. The number of aryl methyl sites for hydroxylation is 2. The smallest absolute Gasteiger partial charge is 0.288 e. The second-order valence-corrected chi connectivity index (χ2v) is 6.79. The lowest BCUT2D eigenvalue weighted by atomic mass is 10.1. The Bertz CT molecular complexity index is 1120. The van der Waals surface area contributed by atoms with Crippen molar-refractivity contribution in [2.24, 2.45) is 0 Å². The Morgan fingerprint density at radius 2 is 1.96 bits per heavy atom. The van der Waals surface area contributed by atoms with Crippen LogP contribution in [-0.2, 0) is 12.5 Å². The van der Waals surface area contributed by atoms with Gasteiger partial charge in [-0.15, -0.1) is 0 Å². The normalized spacial score (nSPS) is 12.0. The highest BCUT2D eigenvalue weighted by molar-refractivity contribution is 5.89. The fourth-order valence-electron chi connectivity index (χ4n) is 3.32. The topological polar surface area (TPSA) is 46.5 Å². The van der Waals surface area contributed by atoms with E-state index in [0.29, 0.717) is 12.2 Å². The first kappa shape index (κ1) is 17.4. The number of halogens is 2. The molecule has 0 atom stereocenters. The number of alkyl halides is 2. The summed E-state index contributed by atoms with van der Waals surface area (Å²) in [6.07, 6.45) is 3.60. The number of hydrogen-bond acceptors (Lipinski definition) is 2. The SMILES string of the molecule is CCn1nc(C(C)(F)F)cc1-c1ccc2[nH]c(-c3ccncc3C)cc2c1. The third-order valence-electron chi connectivity index (χ3n) is 4.76. The molecule has 0 aliphatic rings. The van der Waals surface area contributed by atoms with Crippen LogP contribution in [0.3, 0.4) is 0 Å². The van der Waals surface area contributed by atoms with Crippen LogP contribution in [0.25, 0.3) is 33.4 Å². The van der Waals surface area contributed by atoms with Gasteiger partial charge in [-0.05, 0) is 49.7 Å². The molecular weight excluding hydrogens is 346 g/mol. The Hall–Kier alpha value is -3.02. The number of H-pyrrole nitrogens is 1. The molecule has 3 aromatic heterocycles. The van der Waals surface area contributed by atoms with Crippen LogP contribution in [0.5, 0.6) is 0 Å². The van der Waals surface area contributed by atoms with Crippen LogP contribution >= 0.6 is 0 Å². The van der Waals surface area contributed by atoms with Gasteiger partial charge in [-0.1, -0.05) is 6.07 Å². The lowest BCUT2D eigenvalue weighted by Crippen LogP contribution is -2.09. The van der Waals surface area contributed by atoms with Crippen molar-refractivity contribution < 1.29 is 8.78 Å². The Morgan fingerprint density at radius 1 is 1.15 bits per heavy atom. The number of aromatic amines is 1. The molecular formula is C21H20F2N4. The summed E-state index contributed by atoms with van der Waals surface area (Å²) >= 11 is 0. The molecule has 0 saturated heterocycles. The Labute approximate surface area is 155 Å². The fraction of sp³-hybridized carbons (Fsp3) is 0.238. The first-order chi connectivity index (χ1) is 12.9. The number of benzene rings is 1. The van der Waals surface area contributed by atoms with Gasteiger partial charge in [-0.25, -0.2) is 0 Å². The number of pyridine rings is 1.